The Hall–Kier alpha value is -2.12. The number of Topliss-reactive ketones (excluding diaryl/α,β-unsaturated/α-hetero) is 2. The molecule has 2 heterocycles. The minimum absolute atomic E-state index is 0.212. The summed E-state index contributed by atoms with van der Waals surface area (Å²) in [6, 6.07) is 5.12. The van der Waals surface area contributed by atoms with Gasteiger partial charge in [0.25, 0.3) is 5.91 Å². The zero-order valence-electron chi connectivity index (χ0n) is 14.1. The van der Waals surface area contributed by atoms with Crippen molar-refractivity contribution in [3.63, 3.8) is 0 Å². The highest BCUT2D eigenvalue weighted by Gasteiger charge is 2.50. The molecule has 134 valence electrons. The van der Waals surface area contributed by atoms with Crippen LogP contribution in [0.5, 0.6) is 0 Å². The van der Waals surface area contributed by atoms with Crippen LogP contribution in [-0.4, -0.2) is 66.7 Å². The number of morpholine rings is 1. The Labute approximate surface area is 145 Å². The van der Waals surface area contributed by atoms with Gasteiger partial charge < -0.3 is 9.64 Å². The van der Waals surface area contributed by atoms with Gasteiger partial charge in [0.15, 0.2) is 0 Å². The molecule has 25 heavy (non-hydrogen) atoms. The van der Waals surface area contributed by atoms with Gasteiger partial charge in [-0.05, 0) is 13.0 Å². The SMILES string of the molecule is CC(=O)C1C(=O)C(=O)N(CCN2CCOCC2)C1c1ccccc1F. The average molecular weight is 348 g/mol. The van der Waals surface area contributed by atoms with Gasteiger partial charge in [0, 0.05) is 31.7 Å². The fourth-order valence-corrected chi connectivity index (χ4v) is 3.51. The summed E-state index contributed by atoms with van der Waals surface area (Å²) in [5.41, 5.74) is 0.212. The molecule has 2 aliphatic rings. The number of likely N-dealkylation sites (tertiary alicyclic amines) is 1. The number of rotatable bonds is 5. The third-order valence-corrected chi connectivity index (χ3v) is 4.83. The van der Waals surface area contributed by atoms with Crippen molar-refractivity contribution in [1.82, 2.24) is 9.80 Å². The van der Waals surface area contributed by atoms with Crippen LogP contribution in [0.4, 0.5) is 4.39 Å². The van der Waals surface area contributed by atoms with Crippen LogP contribution in [-0.2, 0) is 19.1 Å². The molecular formula is C18H21FN2O4. The van der Waals surface area contributed by atoms with Crippen molar-refractivity contribution in [2.75, 3.05) is 39.4 Å². The van der Waals surface area contributed by atoms with Gasteiger partial charge in [-0.1, -0.05) is 18.2 Å². The first kappa shape index (κ1) is 17.7. The summed E-state index contributed by atoms with van der Waals surface area (Å²) in [5, 5.41) is 0. The molecule has 0 saturated carbocycles. The average Bonchev–Trinajstić information content (AvgIpc) is 2.85. The van der Waals surface area contributed by atoms with Crippen LogP contribution in [0.15, 0.2) is 24.3 Å². The molecule has 2 fully saturated rings. The summed E-state index contributed by atoms with van der Waals surface area (Å²) < 4.78 is 19.6. The number of amides is 1. The minimum Gasteiger partial charge on any atom is -0.379 e. The van der Waals surface area contributed by atoms with E-state index in [0.29, 0.717) is 19.8 Å². The maximum Gasteiger partial charge on any atom is 0.291 e. The monoisotopic (exact) mass is 348 g/mol. The number of ether oxygens (including phenoxy) is 1. The predicted molar refractivity (Wildman–Crippen MR) is 87.3 cm³/mol. The second-order valence-corrected chi connectivity index (χ2v) is 6.37. The zero-order chi connectivity index (χ0) is 18.0. The number of hydrogen-bond acceptors (Lipinski definition) is 5. The fraction of sp³-hybridized carbons (Fsp3) is 0.500. The van der Waals surface area contributed by atoms with Crippen molar-refractivity contribution >= 4 is 17.5 Å². The zero-order valence-corrected chi connectivity index (χ0v) is 14.1. The maximum absolute atomic E-state index is 14.3. The summed E-state index contributed by atoms with van der Waals surface area (Å²) in [5.74, 6) is -3.53. The number of benzene rings is 1. The second kappa shape index (κ2) is 7.41. The molecule has 2 saturated heterocycles. The number of ketones is 2. The molecule has 0 aromatic heterocycles. The van der Waals surface area contributed by atoms with Crippen LogP contribution in [0.1, 0.15) is 18.5 Å². The lowest BCUT2D eigenvalue weighted by Gasteiger charge is -2.31. The van der Waals surface area contributed by atoms with Crippen molar-refractivity contribution in [3.8, 4) is 0 Å². The van der Waals surface area contributed by atoms with E-state index in [0.717, 1.165) is 13.1 Å². The van der Waals surface area contributed by atoms with Crippen molar-refractivity contribution < 1.29 is 23.5 Å². The highest BCUT2D eigenvalue weighted by molar-refractivity contribution is 6.42. The van der Waals surface area contributed by atoms with Crippen LogP contribution in [0.2, 0.25) is 0 Å². The highest BCUT2D eigenvalue weighted by Crippen LogP contribution is 2.37. The molecule has 0 N–H and O–H groups in total. The summed E-state index contributed by atoms with van der Waals surface area (Å²) in [6.07, 6.45) is 0. The van der Waals surface area contributed by atoms with E-state index >= 15 is 0 Å². The topological polar surface area (TPSA) is 66.9 Å². The van der Waals surface area contributed by atoms with Gasteiger partial charge in [0.05, 0.1) is 19.3 Å². The largest absolute Gasteiger partial charge is 0.379 e. The van der Waals surface area contributed by atoms with Crippen LogP contribution < -0.4 is 0 Å². The maximum atomic E-state index is 14.3. The number of nitrogens with zero attached hydrogens (tertiary/aromatic N) is 2. The highest BCUT2D eigenvalue weighted by atomic mass is 19.1. The van der Waals surface area contributed by atoms with Gasteiger partial charge in [-0.3, -0.25) is 19.3 Å². The minimum atomic E-state index is -1.14. The lowest BCUT2D eigenvalue weighted by Crippen LogP contribution is -2.43. The van der Waals surface area contributed by atoms with Crippen LogP contribution in [0, 0.1) is 11.7 Å². The van der Waals surface area contributed by atoms with Gasteiger partial charge in [-0.25, -0.2) is 4.39 Å². The van der Waals surface area contributed by atoms with Gasteiger partial charge in [-0.2, -0.15) is 0 Å². The summed E-state index contributed by atoms with van der Waals surface area (Å²) in [6.45, 7) is 4.84. The van der Waals surface area contributed by atoms with E-state index < -0.39 is 35.3 Å². The summed E-state index contributed by atoms with van der Waals surface area (Å²) >= 11 is 0. The number of carbonyl (C=O) groups is 3. The van der Waals surface area contributed by atoms with Gasteiger partial charge >= 0.3 is 0 Å². The lowest BCUT2D eigenvalue weighted by atomic mass is 9.89. The molecule has 0 radical (unpaired) electrons. The third kappa shape index (κ3) is 3.48. The summed E-state index contributed by atoms with van der Waals surface area (Å²) in [7, 11) is 0. The first-order valence-electron chi connectivity index (χ1n) is 8.40. The Morgan fingerprint density at radius 3 is 2.52 bits per heavy atom. The van der Waals surface area contributed by atoms with Crippen molar-refractivity contribution in [3.05, 3.63) is 35.6 Å². The Morgan fingerprint density at radius 2 is 1.88 bits per heavy atom. The first-order chi connectivity index (χ1) is 12.0. The Balaban J connectivity index is 1.87. The molecule has 1 aromatic carbocycles. The Morgan fingerprint density at radius 1 is 1.20 bits per heavy atom. The van der Waals surface area contributed by atoms with Gasteiger partial charge in [-0.15, -0.1) is 0 Å². The number of carbonyl (C=O) groups excluding carboxylic acids is 3. The molecule has 3 rings (SSSR count). The lowest BCUT2D eigenvalue weighted by molar-refractivity contribution is -0.142. The van der Waals surface area contributed by atoms with Crippen LogP contribution in [0.3, 0.4) is 0 Å². The molecule has 2 atom stereocenters. The first-order valence-corrected chi connectivity index (χ1v) is 8.40. The molecule has 0 bridgehead atoms. The molecular weight excluding hydrogens is 327 g/mol. The Kier molecular flexibility index (Phi) is 5.24. The van der Waals surface area contributed by atoms with E-state index in [2.05, 4.69) is 4.90 Å². The van der Waals surface area contributed by atoms with E-state index in [1.165, 1.54) is 30.0 Å². The Bertz CT molecular complexity index is 687. The van der Waals surface area contributed by atoms with E-state index in [1.54, 1.807) is 6.07 Å². The molecule has 1 aromatic rings. The van der Waals surface area contributed by atoms with Crippen molar-refractivity contribution in [2.45, 2.75) is 13.0 Å². The van der Waals surface area contributed by atoms with Crippen LogP contribution >= 0.6 is 0 Å². The molecule has 0 aliphatic carbocycles. The number of halogens is 1. The predicted octanol–water partition coefficient (Wildman–Crippen LogP) is 0.816. The van der Waals surface area contributed by atoms with E-state index in [4.69, 9.17) is 4.74 Å². The van der Waals surface area contributed by atoms with Crippen molar-refractivity contribution in [1.29, 1.82) is 0 Å². The molecule has 7 heteroatoms. The third-order valence-electron chi connectivity index (χ3n) is 4.83. The van der Waals surface area contributed by atoms with E-state index in [-0.39, 0.29) is 12.1 Å². The molecule has 0 spiro atoms. The summed E-state index contributed by atoms with van der Waals surface area (Å²) in [4.78, 5) is 40.3. The molecule has 2 aliphatic heterocycles. The smallest absolute Gasteiger partial charge is 0.291 e. The molecule has 2 unspecified atom stereocenters. The fourth-order valence-electron chi connectivity index (χ4n) is 3.51. The quantitative estimate of drug-likeness (QED) is 0.582. The van der Waals surface area contributed by atoms with E-state index in [1.807, 2.05) is 0 Å². The second-order valence-electron chi connectivity index (χ2n) is 6.37. The van der Waals surface area contributed by atoms with Gasteiger partial charge in [0.2, 0.25) is 5.78 Å². The standard InChI is InChI=1S/C18H21FN2O4/c1-12(22)15-16(13-4-2-3-5-14(13)19)21(18(24)17(15)23)7-6-20-8-10-25-11-9-20/h2-5,15-16H,6-11H2,1H3. The normalized spacial score (nSPS) is 24.8. The van der Waals surface area contributed by atoms with Crippen molar-refractivity contribution in [2.24, 2.45) is 5.92 Å². The molecule has 6 nitrogen and oxygen atoms in total. The van der Waals surface area contributed by atoms with Gasteiger partial charge in [0.1, 0.15) is 17.5 Å². The number of hydrogen-bond donors (Lipinski definition) is 0. The van der Waals surface area contributed by atoms with E-state index in [9.17, 15) is 18.8 Å². The molecule has 1 amide bonds. The van der Waals surface area contributed by atoms with Crippen LogP contribution in [0.25, 0.3) is 0 Å².